The fraction of sp³-hybridized carbons (Fsp3) is 0.190. The van der Waals surface area contributed by atoms with E-state index in [1.54, 1.807) is 16.8 Å². The molecule has 1 aliphatic rings. The van der Waals surface area contributed by atoms with Crippen molar-refractivity contribution in [1.82, 2.24) is 9.78 Å². The number of benzene rings is 2. The van der Waals surface area contributed by atoms with Gasteiger partial charge in [0.25, 0.3) is 0 Å². The van der Waals surface area contributed by atoms with Gasteiger partial charge in [-0.2, -0.15) is 5.10 Å². The topological polar surface area (TPSA) is 64.0 Å². The molecule has 0 saturated heterocycles. The van der Waals surface area contributed by atoms with E-state index in [-0.39, 0.29) is 18.1 Å². The first-order valence-corrected chi connectivity index (χ1v) is 9.09. The van der Waals surface area contributed by atoms with Gasteiger partial charge >= 0.3 is 0 Å². The van der Waals surface area contributed by atoms with Gasteiger partial charge in [0.2, 0.25) is 5.91 Å². The smallest absolute Gasteiger partial charge is 0.226 e. The van der Waals surface area contributed by atoms with Crippen LogP contribution in [0.4, 0.5) is 5.82 Å². The lowest BCUT2D eigenvalue weighted by molar-refractivity contribution is -0.116. The monoisotopic (exact) mass is 379 g/mol. The number of aryl methyl sites for hydroxylation is 1. The Morgan fingerprint density at radius 1 is 1.15 bits per heavy atom. The molecule has 1 aliphatic heterocycles. The van der Waals surface area contributed by atoms with Crippen molar-refractivity contribution in [1.29, 1.82) is 0 Å². The van der Waals surface area contributed by atoms with E-state index in [0.29, 0.717) is 16.4 Å². The maximum atomic E-state index is 13.1. The van der Waals surface area contributed by atoms with Gasteiger partial charge in [-0.3, -0.25) is 9.59 Å². The SMILES string of the molecule is Cc1nn(-c2cccc(Cl)c2C)c2c1C(C(=O)c1ccccc1)CC(=O)N2. The van der Waals surface area contributed by atoms with Gasteiger partial charge in [-0.1, -0.05) is 48.0 Å². The van der Waals surface area contributed by atoms with Crippen molar-refractivity contribution in [2.75, 3.05) is 5.32 Å². The zero-order valence-corrected chi connectivity index (χ0v) is 15.7. The number of Topliss-reactive ketones (excluding diaryl/α,β-unsaturated/α-hetero) is 1. The predicted octanol–water partition coefficient (Wildman–Crippen LogP) is 4.45. The second-order valence-electron chi connectivity index (χ2n) is 6.68. The van der Waals surface area contributed by atoms with Gasteiger partial charge < -0.3 is 5.32 Å². The third-order valence-corrected chi connectivity index (χ3v) is 5.35. The number of nitrogens with zero attached hydrogens (tertiary/aromatic N) is 2. The van der Waals surface area contributed by atoms with Crippen LogP contribution >= 0.6 is 11.6 Å². The second kappa shape index (κ2) is 6.67. The average Bonchev–Trinajstić information content (AvgIpc) is 2.99. The molecule has 136 valence electrons. The van der Waals surface area contributed by atoms with Gasteiger partial charge in [0.1, 0.15) is 5.82 Å². The highest BCUT2D eigenvalue weighted by Crippen LogP contribution is 2.39. The van der Waals surface area contributed by atoms with Crippen molar-refractivity contribution in [3.05, 3.63) is 75.9 Å². The maximum absolute atomic E-state index is 13.1. The van der Waals surface area contributed by atoms with Crippen molar-refractivity contribution in [2.45, 2.75) is 26.2 Å². The molecule has 3 aromatic rings. The molecule has 2 aromatic carbocycles. The summed E-state index contributed by atoms with van der Waals surface area (Å²) in [7, 11) is 0. The third kappa shape index (κ3) is 2.94. The Balaban J connectivity index is 1.87. The highest BCUT2D eigenvalue weighted by molar-refractivity contribution is 6.31. The Bertz CT molecular complexity index is 1060. The molecule has 1 N–H and O–H groups in total. The Hall–Kier alpha value is -2.92. The van der Waals surface area contributed by atoms with E-state index < -0.39 is 5.92 Å². The number of rotatable bonds is 3. The lowest BCUT2D eigenvalue weighted by Gasteiger charge is -2.23. The number of amides is 1. The molecule has 4 rings (SSSR count). The van der Waals surface area contributed by atoms with E-state index in [1.807, 2.05) is 50.2 Å². The molecule has 0 spiro atoms. The molecule has 6 heteroatoms. The fourth-order valence-electron chi connectivity index (χ4n) is 3.57. The van der Waals surface area contributed by atoms with Crippen LogP contribution in [-0.4, -0.2) is 21.5 Å². The minimum atomic E-state index is -0.551. The number of halogens is 1. The first-order chi connectivity index (χ1) is 13.0. The number of carbonyl (C=O) groups is 2. The number of ketones is 1. The molecule has 1 amide bonds. The summed E-state index contributed by atoms with van der Waals surface area (Å²) in [6.45, 7) is 3.76. The largest absolute Gasteiger partial charge is 0.310 e. The van der Waals surface area contributed by atoms with Crippen molar-refractivity contribution >= 4 is 29.1 Å². The summed E-state index contributed by atoms with van der Waals surface area (Å²) in [6.07, 6.45) is 0.113. The first-order valence-electron chi connectivity index (χ1n) is 8.71. The molecule has 1 aromatic heterocycles. The Morgan fingerprint density at radius 3 is 2.63 bits per heavy atom. The van der Waals surface area contributed by atoms with Crippen molar-refractivity contribution in [3.8, 4) is 5.69 Å². The maximum Gasteiger partial charge on any atom is 0.226 e. The number of hydrogen-bond acceptors (Lipinski definition) is 3. The van der Waals surface area contributed by atoms with Gasteiger partial charge in [-0.15, -0.1) is 0 Å². The fourth-order valence-corrected chi connectivity index (χ4v) is 3.74. The second-order valence-corrected chi connectivity index (χ2v) is 7.09. The molecule has 0 fully saturated rings. The zero-order valence-electron chi connectivity index (χ0n) is 15.0. The number of hydrogen-bond donors (Lipinski definition) is 1. The quantitative estimate of drug-likeness (QED) is 0.684. The van der Waals surface area contributed by atoms with Crippen molar-refractivity contribution in [3.63, 3.8) is 0 Å². The molecule has 0 saturated carbocycles. The summed E-state index contributed by atoms with van der Waals surface area (Å²) in [4.78, 5) is 25.5. The molecule has 0 bridgehead atoms. The number of anilines is 1. The minimum absolute atomic E-state index is 0.0721. The van der Waals surface area contributed by atoms with E-state index in [1.165, 1.54) is 0 Å². The summed E-state index contributed by atoms with van der Waals surface area (Å²) in [5, 5.41) is 8.13. The standard InChI is InChI=1S/C21H18ClN3O2/c1-12-16(22)9-6-10-17(12)25-21-19(13(2)24-25)15(11-18(26)23-21)20(27)14-7-4-3-5-8-14/h3-10,15H,11H2,1-2H3,(H,23,26). The van der Waals surface area contributed by atoms with Gasteiger partial charge in [0.05, 0.1) is 17.3 Å². The summed E-state index contributed by atoms with van der Waals surface area (Å²) in [5.74, 6) is -0.275. The summed E-state index contributed by atoms with van der Waals surface area (Å²) < 4.78 is 1.67. The number of fused-ring (bicyclic) bond motifs is 1. The Kier molecular flexibility index (Phi) is 4.32. The van der Waals surface area contributed by atoms with Gasteiger partial charge in [-0.25, -0.2) is 4.68 Å². The van der Waals surface area contributed by atoms with Crippen LogP contribution < -0.4 is 5.32 Å². The third-order valence-electron chi connectivity index (χ3n) is 4.94. The normalized spacial score (nSPS) is 16.0. The molecule has 5 nitrogen and oxygen atoms in total. The zero-order chi connectivity index (χ0) is 19.1. The van der Waals surface area contributed by atoms with Gasteiger partial charge in [0, 0.05) is 22.6 Å². The van der Waals surface area contributed by atoms with Crippen LogP contribution in [0.5, 0.6) is 0 Å². The summed E-state index contributed by atoms with van der Waals surface area (Å²) >= 11 is 6.26. The highest BCUT2D eigenvalue weighted by atomic mass is 35.5. The Labute approximate surface area is 162 Å². The molecular formula is C21H18ClN3O2. The van der Waals surface area contributed by atoms with E-state index >= 15 is 0 Å². The van der Waals surface area contributed by atoms with Crippen LogP contribution in [0.15, 0.2) is 48.5 Å². The molecule has 1 atom stereocenters. The first kappa shape index (κ1) is 17.5. The molecule has 1 unspecified atom stereocenters. The molecular weight excluding hydrogens is 362 g/mol. The van der Waals surface area contributed by atoms with E-state index in [4.69, 9.17) is 11.6 Å². The van der Waals surface area contributed by atoms with E-state index in [9.17, 15) is 9.59 Å². The van der Waals surface area contributed by atoms with E-state index in [2.05, 4.69) is 10.4 Å². The van der Waals surface area contributed by atoms with Gasteiger partial charge in [-0.05, 0) is 31.5 Å². The summed E-state index contributed by atoms with van der Waals surface area (Å²) in [5.41, 5.74) is 3.71. The molecule has 2 heterocycles. The number of carbonyl (C=O) groups excluding carboxylic acids is 2. The summed E-state index contributed by atoms with van der Waals surface area (Å²) in [6, 6.07) is 14.6. The minimum Gasteiger partial charge on any atom is -0.310 e. The highest BCUT2D eigenvalue weighted by Gasteiger charge is 2.36. The van der Waals surface area contributed by atoms with Gasteiger partial charge in [0.15, 0.2) is 5.78 Å². The van der Waals surface area contributed by atoms with Crippen LogP contribution in [0.25, 0.3) is 5.69 Å². The van der Waals surface area contributed by atoms with E-state index in [0.717, 1.165) is 22.5 Å². The van der Waals surface area contributed by atoms with Crippen LogP contribution in [0, 0.1) is 13.8 Å². The van der Waals surface area contributed by atoms with Crippen molar-refractivity contribution in [2.24, 2.45) is 0 Å². The molecule has 0 aliphatic carbocycles. The Morgan fingerprint density at radius 2 is 1.89 bits per heavy atom. The lowest BCUT2D eigenvalue weighted by atomic mass is 9.85. The van der Waals surface area contributed by atoms with Crippen LogP contribution in [0.1, 0.15) is 39.5 Å². The van der Waals surface area contributed by atoms with Crippen LogP contribution in [0.3, 0.4) is 0 Å². The molecule has 27 heavy (non-hydrogen) atoms. The molecule has 0 radical (unpaired) electrons. The predicted molar refractivity (Wildman–Crippen MR) is 105 cm³/mol. The number of aromatic nitrogens is 2. The lowest BCUT2D eigenvalue weighted by Crippen LogP contribution is -2.28. The van der Waals surface area contributed by atoms with Crippen LogP contribution in [0.2, 0.25) is 5.02 Å². The number of nitrogens with one attached hydrogen (secondary N) is 1. The average molecular weight is 380 g/mol. The van der Waals surface area contributed by atoms with Crippen molar-refractivity contribution < 1.29 is 9.59 Å². The van der Waals surface area contributed by atoms with Crippen LogP contribution in [-0.2, 0) is 4.79 Å².